The predicted molar refractivity (Wildman–Crippen MR) is 90.7 cm³/mol. The van der Waals surface area contributed by atoms with Crippen LogP contribution in [0.25, 0.3) is 0 Å². The number of carbonyl (C=O) groups excluding carboxylic acids is 2. The van der Waals surface area contributed by atoms with Crippen LogP contribution in [-0.2, 0) is 20.7 Å². The number of esters is 1. The van der Waals surface area contributed by atoms with Gasteiger partial charge in [-0.15, -0.1) is 0 Å². The minimum absolute atomic E-state index is 0.206. The van der Waals surface area contributed by atoms with Crippen molar-refractivity contribution < 1.29 is 32.5 Å². The highest BCUT2D eigenvalue weighted by Gasteiger charge is 2.67. The first-order valence-corrected chi connectivity index (χ1v) is 8.01. The second-order valence-corrected chi connectivity index (χ2v) is 5.93. The Balaban J connectivity index is 2.36. The van der Waals surface area contributed by atoms with Gasteiger partial charge in [0.1, 0.15) is 6.20 Å². The molecule has 0 bridgehead atoms. The lowest BCUT2D eigenvalue weighted by molar-refractivity contribution is -0.362. The molecular weight excluding hydrogens is 387 g/mol. The fourth-order valence-electron chi connectivity index (χ4n) is 2.26. The molecular formula is C17H16ClF3N3O3+. The lowest BCUT2D eigenvalue weighted by Crippen LogP contribution is -2.69. The molecule has 0 saturated carbocycles. The van der Waals surface area contributed by atoms with Gasteiger partial charge in [-0.2, -0.15) is 13.2 Å². The smallest absolute Gasteiger partial charge is 0.464 e. The standard InChI is InChI=1S/C17H15ClF3N3O3/c1-27-15(26)16(17(19,20)21,23-13-8-7-12(18)10-22-13)24-14(25)9-11-5-3-2-4-6-11/h2-8,10H,9H2,1H3,(H,22,23)(H,24,25)/p+1/t16-/m0/s1. The summed E-state index contributed by atoms with van der Waals surface area (Å²) in [5.74, 6) is -2.95. The number of anilines is 1. The van der Waals surface area contributed by atoms with E-state index in [2.05, 4.69) is 9.72 Å². The average molecular weight is 403 g/mol. The summed E-state index contributed by atoms with van der Waals surface area (Å²) in [6.07, 6.45) is -4.35. The van der Waals surface area contributed by atoms with Gasteiger partial charge in [-0.3, -0.25) is 10.1 Å². The number of pyridine rings is 1. The van der Waals surface area contributed by atoms with Gasteiger partial charge in [-0.25, -0.2) is 15.1 Å². The van der Waals surface area contributed by atoms with Crippen LogP contribution in [0.3, 0.4) is 0 Å². The van der Waals surface area contributed by atoms with Crippen LogP contribution in [0.15, 0.2) is 48.7 Å². The van der Waals surface area contributed by atoms with Crippen LogP contribution in [-0.4, -0.2) is 30.8 Å². The molecule has 0 saturated heterocycles. The van der Waals surface area contributed by atoms with E-state index in [0.717, 1.165) is 7.11 Å². The molecule has 0 spiro atoms. The van der Waals surface area contributed by atoms with Crippen molar-refractivity contribution in [3.8, 4) is 0 Å². The largest absolute Gasteiger partial charge is 0.464 e. The second kappa shape index (κ2) is 8.26. The SMILES string of the molecule is COC(=O)[C@@](NC(=O)Cc1ccccc1)(Nc1ccc(Cl)c[nH+]1)C(F)(F)F. The van der Waals surface area contributed by atoms with Crippen LogP contribution >= 0.6 is 11.6 Å². The number of aromatic amines is 1. The Bertz CT molecular complexity index is 801. The Hall–Kier alpha value is -2.81. The number of halogens is 4. The summed E-state index contributed by atoms with van der Waals surface area (Å²) in [6, 6.07) is 10.6. The Morgan fingerprint density at radius 3 is 2.33 bits per heavy atom. The van der Waals surface area contributed by atoms with E-state index in [9.17, 15) is 22.8 Å². The fourth-order valence-corrected chi connectivity index (χ4v) is 2.38. The Morgan fingerprint density at radius 2 is 1.81 bits per heavy atom. The maximum absolute atomic E-state index is 13.9. The van der Waals surface area contributed by atoms with Gasteiger partial charge in [-0.05, 0) is 11.6 Å². The number of benzene rings is 1. The van der Waals surface area contributed by atoms with Gasteiger partial charge in [0.2, 0.25) is 5.91 Å². The van der Waals surface area contributed by atoms with Gasteiger partial charge >= 0.3 is 17.8 Å². The first kappa shape index (κ1) is 20.5. The van der Waals surface area contributed by atoms with Crippen molar-refractivity contribution in [1.82, 2.24) is 5.32 Å². The number of rotatable bonds is 6. The van der Waals surface area contributed by atoms with Crippen molar-refractivity contribution >= 4 is 29.3 Å². The molecule has 2 rings (SSSR count). The van der Waals surface area contributed by atoms with E-state index in [0.29, 0.717) is 5.56 Å². The Kier molecular flexibility index (Phi) is 6.27. The molecule has 1 aromatic carbocycles. The van der Waals surface area contributed by atoms with E-state index < -0.39 is 23.7 Å². The molecule has 1 aromatic heterocycles. The van der Waals surface area contributed by atoms with Gasteiger partial charge in [0, 0.05) is 6.07 Å². The predicted octanol–water partition coefficient (Wildman–Crippen LogP) is 2.36. The maximum atomic E-state index is 13.9. The topological polar surface area (TPSA) is 81.6 Å². The zero-order chi connectivity index (χ0) is 20.1. The van der Waals surface area contributed by atoms with Crippen molar-refractivity contribution in [3.05, 3.63) is 59.2 Å². The van der Waals surface area contributed by atoms with Gasteiger partial charge in [0.25, 0.3) is 5.82 Å². The van der Waals surface area contributed by atoms with E-state index >= 15 is 0 Å². The molecule has 6 nitrogen and oxygen atoms in total. The number of methoxy groups -OCH3 is 1. The highest BCUT2D eigenvalue weighted by atomic mass is 35.5. The average Bonchev–Trinajstić information content (AvgIpc) is 2.62. The van der Waals surface area contributed by atoms with E-state index in [1.54, 1.807) is 35.6 Å². The summed E-state index contributed by atoms with van der Waals surface area (Å²) >= 11 is 5.69. The van der Waals surface area contributed by atoms with Gasteiger partial charge in [-0.1, -0.05) is 41.9 Å². The van der Waals surface area contributed by atoms with Gasteiger partial charge in [0.05, 0.1) is 18.6 Å². The van der Waals surface area contributed by atoms with Crippen molar-refractivity contribution in [2.24, 2.45) is 0 Å². The third kappa shape index (κ3) is 4.88. The molecule has 1 amide bonds. The molecule has 144 valence electrons. The lowest BCUT2D eigenvalue weighted by atomic mass is 10.1. The highest BCUT2D eigenvalue weighted by Crippen LogP contribution is 2.32. The number of hydrogen-bond donors (Lipinski definition) is 2. The van der Waals surface area contributed by atoms with E-state index in [4.69, 9.17) is 11.6 Å². The number of aromatic nitrogens is 1. The number of H-pyrrole nitrogens is 1. The number of hydrogen-bond acceptors (Lipinski definition) is 4. The molecule has 0 fully saturated rings. The van der Waals surface area contributed by atoms with Crippen molar-refractivity contribution in [2.45, 2.75) is 18.3 Å². The van der Waals surface area contributed by atoms with Crippen molar-refractivity contribution in [2.75, 3.05) is 12.4 Å². The van der Waals surface area contributed by atoms with Crippen LogP contribution in [0.1, 0.15) is 5.56 Å². The zero-order valence-corrected chi connectivity index (χ0v) is 14.8. The normalized spacial score (nSPS) is 13.4. The first-order valence-electron chi connectivity index (χ1n) is 7.63. The molecule has 1 atom stereocenters. The minimum atomic E-state index is -5.21. The van der Waals surface area contributed by atoms with Crippen LogP contribution in [0, 0.1) is 0 Å². The van der Waals surface area contributed by atoms with Gasteiger partial charge < -0.3 is 4.74 Å². The van der Waals surface area contributed by atoms with E-state index in [1.807, 2.05) is 5.32 Å². The minimum Gasteiger partial charge on any atom is -0.464 e. The molecule has 2 aromatic rings. The number of alkyl halides is 3. The molecule has 0 aliphatic heterocycles. The number of carbonyl (C=O) groups is 2. The molecule has 0 aliphatic carbocycles. The summed E-state index contributed by atoms with van der Waals surface area (Å²) in [6.45, 7) is 0. The lowest BCUT2D eigenvalue weighted by Gasteiger charge is -2.30. The molecule has 10 heteroatoms. The Morgan fingerprint density at radius 1 is 1.15 bits per heavy atom. The number of nitrogens with one attached hydrogen (secondary N) is 3. The first-order chi connectivity index (χ1) is 12.7. The highest BCUT2D eigenvalue weighted by molar-refractivity contribution is 6.30. The van der Waals surface area contributed by atoms with Crippen LogP contribution in [0.4, 0.5) is 19.0 Å². The van der Waals surface area contributed by atoms with E-state index in [1.165, 1.54) is 18.3 Å². The summed E-state index contributed by atoms with van der Waals surface area (Å²) in [5.41, 5.74) is -3.01. The second-order valence-electron chi connectivity index (χ2n) is 5.50. The van der Waals surface area contributed by atoms with Crippen molar-refractivity contribution in [3.63, 3.8) is 0 Å². The maximum Gasteiger partial charge on any atom is 0.464 e. The number of amides is 1. The summed E-state index contributed by atoms with van der Waals surface area (Å²) in [4.78, 5) is 26.8. The monoisotopic (exact) mass is 402 g/mol. The Labute approximate surface area is 157 Å². The molecule has 27 heavy (non-hydrogen) atoms. The van der Waals surface area contributed by atoms with Crippen LogP contribution < -0.4 is 15.6 Å². The number of ether oxygens (including phenoxy) is 1. The van der Waals surface area contributed by atoms with Gasteiger partial charge in [0.15, 0.2) is 0 Å². The molecule has 0 aliphatic rings. The summed E-state index contributed by atoms with van der Waals surface area (Å²) in [5, 5.41) is 3.95. The van der Waals surface area contributed by atoms with Crippen molar-refractivity contribution in [1.29, 1.82) is 0 Å². The molecule has 0 unspecified atom stereocenters. The molecule has 1 heterocycles. The third-order valence-electron chi connectivity index (χ3n) is 3.55. The van der Waals surface area contributed by atoms with E-state index in [-0.39, 0.29) is 17.3 Å². The third-order valence-corrected chi connectivity index (χ3v) is 3.78. The molecule has 0 radical (unpaired) electrons. The summed E-state index contributed by atoms with van der Waals surface area (Å²) in [7, 11) is 0.791. The quantitative estimate of drug-likeness (QED) is 0.574. The van der Waals surface area contributed by atoms with Crippen LogP contribution in [0.2, 0.25) is 5.02 Å². The molecule has 3 N–H and O–H groups in total. The zero-order valence-electron chi connectivity index (χ0n) is 14.1. The van der Waals surface area contributed by atoms with Crippen LogP contribution in [0.5, 0.6) is 0 Å². The fraction of sp³-hybridized carbons (Fsp3) is 0.235. The summed E-state index contributed by atoms with van der Waals surface area (Å²) < 4.78 is 45.9.